The van der Waals surface area contributed by atoms with Crippen LogP contribution in [-0.4, -0.2) is 40.9 Å². The quantitative estimate of drug-likeness (QED) is 0.905. The Labute approximate surface area is 140 Å². The summed E-state index contributed by atoms with van der Waals surface area (Å²) in [6, 6.07) is 11.3. The average molecular weight is 334 g/mol. The van der Waals surface area contributed by atoms with Gasteiger partial charge in [0.2, 0.25) is 0 Å². The van der Waals surface area contributed by atoms with Gasteiger partial charge in [-0.2, -0.15) is 0 Å². The van der Waals surface area contributed by atoms with E-state index in [2.05, 4.69) is 4.90 Å². The van der Waals surface area contributed by atoms with Gasteiger partial charge in [-0.1, -0.05) is 23.7 Å². The van der Waals surface area contributed by atoms with E-state index < -0.39 is 6.10 Å². The van der Waals surface area contributed by atoms with Crippen molar-refractivity contribution in [1.82, 2.24) is 4.90 Å². The molecule has 2 N–H and O–H groups in total. The second-order valence-electron chi connectivity index (χ2n) is 5.93. The van der Waals surface area contributed by atoms with E-state index in [1.54, 1.807) is 13.0 Å². The van der Waals surface area contributed by atoms with Crippen molar-refractivity contribution in [2.75, 3.05) is 19.7 Å². The number of phenols is 1. The Morgan fingerprint density at radius 3 is 2.83 bits per heavy atom. The third-order valence-corrected chi connectivity index (χ3v) is 4.11. The SMILES string of the molecule is C[C@@H](O)CN1CCOc2c(O)cc(-c3cccc(Cl)c3)cc2C1. The van der Waals surface area contributed by atoms with Gasteiger partial charge in [-0.15, -0.1) is 0 Å². The van der Waals surface area contributed by atoms with Gasteiger partial charge in [0, 0.05) is 30.2 Å². The number of hydrogen-bond acceptors (Lipinski definition) is 4. The Hall–Kier alpha value is -1.75. The van der Waals surface area contributed by atoms with Gasteiger partial charge >= 0.3 is 0 Å². The number of hydrogen-bond donors (Lipinski definition) is 2. The van der Waals surface area contributed by atoms with Gasteiger partial charge in [-0.05, 0) is 42.3 Å². The molecular weight excluding hydrogens is 314 g/mol. The maximum absolute atomic E-state index is 10.3. The van der Waals surface area contributed by atoms with Crippen LogP contribution in [0.2, 0.25) is 5.02 Å². The van der Waals surface area contributed by atoms with Crippen molar-refractivity contribution in [1.29, 1.82) is 0 Å². The van der Waals surface area contributed by atoms with Crippen molar-refractivity contribution in [3.05, 3.63) is 47.0 Å². The predicted molar refractivity (Wildman–Crippen MR) is 91.0 cm³/mol. The highest BCUT2D eigenvalue weighted by atomic mass is 35.5. The van der Waals surface area contributed by atoms with Crippen molar-refractivity contribution >= 4 is 11.6 Å². The molecule has 4 nitrogen and oxygen atoms in total. The Morgan fingerprint density at radius 1 is 1.26 bits per heavy atom. The summed E-state index contributed by atoms with van der Waals surface area (Å²) < 4.78 is 5.71. The Morgan fingerprint density at radius 2 is 2.09 bits per heavy atom. The highest BCUT2D eigenvalue weighted by Crippen LogP contribution is 2.38. The lowest BCUT2D eigenvalue weighted by Gasteiger charge is -2.21. The summed E-state index contributed by atoms with van der Waals surface area (Å²) in [6.07, 6.45) is -0.402. The smallest absolute Gasteiger partial charge is 0.165 e. The summed E-state index contributed by atoms with van der Waals surface area (Å²) in [7, 11) is 0. The minimum absolute atomic E-state index is 0.136. The van der Waals surface area contributed by atoms with Gasteiger partial charge in [-0.25, -0.2) is 0 Å². The van der Waals surface area contributed by atoms with Gasteiger partial charge in [0.25, 0.3) is 0 Å². The zero-order chi connectivity index (χ0) is 16.4. The number of ether oxygens (including phenoxy) is 1. The van der Waals surface area contributed by atoms with Crippen LogP contribution in [0, 0.1) is 0 Å². The molecule has 1 atom stereocenters. The molecule has 0 amide bonds. The molecule has 1 heterocycles. The number of β-amino-alcohol motifs (C(OH)–C–C–N with tert-alkyl or cyclic N) is 1. The molecule has 23 heavy (non-hydrogen) atoms. The predicted octanol–water partition coefficient (Wildman–Crippen LogP) is 3.29. The van der Waals surface area contributed by atoms with Gasteiger partial charge in [-0.3, -0.25) is 4.90 Å². The monoisotopic (exact) mass is 333 g/mol. The van der Waals surface area contributed by atoms with E-state index in [1.807, 2.05) is 30.3 Å². The average Bonchev–Trinajstić information content (AvgIpc) is 2.68. The summed E-state index contributed by atoms with van der Waals surface area (Å²) >= 11 is 6.06. The fourth-order valence-corrected chi connectivity index (χ4v) is 3.11. The van der Waals surface area contributed by atoms with E-state index in [4.69, 9.17) is 16.3 Å². The van der Waals surface area contributed by atoms with Crippen LogP contribution in [0.15, 0.2) is 36.4 Å². The molecule has 0 aliphatic carbocycles. The second-order valence-corrected chi connectivity index (χ2v) is 6.36. The highest BCUT2D eigenvalue weighted by Gasteiger charge is 2.20. The minimum Gasteiger partial charge on any atom is -0.504 e. The normalized spacial score (nSPS) is 16.3. The molecule has 1 aliphatic rings. The molecular formula is C18H20ClNO3. The van der Waals surface area contributed by atoms with Crippen molar-refractivity contribution in [2.24, 2.45) is 0 Å². The lowest BCUT2D eigenvalue weighted by atomic mass is 10.0. The van der Waals surface area contributed by atoms with Crippen LogP contribution in [-0.2, 0) is 6.54 Å². The molecule has 2 aromatic rings. The van der Waals surface area contributed by atoms with Crippen LogP contribution in [0.1, 0.15) is 12.5 Å². The minimum atomic E-state index is -0.402. The molecule has 0 aromatic heterocycles. The van der Waals surface area contributed by atoms with Crippen LogP contribution in [0.3, 0.4) is 0 Å². The molecule has 0 fully saturated rings. The first-order valence-corrected chi connectivity index (χ1v) is 8.06. The van der Waals surface area contributed by atoms with Crippen molar-refractivity contribution in [3.8, 4) is 22.6 Å². The largest absolute Gasteiger partial charge is 0.504 e. The molecule has 0 bridgehead atoms. The van der Waals surface area contributed by atoms with Crippen LogP contribution < -0.4 is 4.74 Å². The van der Waals surface area contributed by atoms with E-state index in [0.717, 1.165) is 16.7 Å². The van der Waals surface area contributed by atoms with Gasteiger partial charge in [0.05, 0.1) is 6.10 Å². The fourth-order valence-electron chi connectivity index (χ4n) is 2.92. The Kier molecular flexibility index (Phi) is 4.76. The van der Waals surface area contributed by atoms with E-state index in [-0.39, 0.29) is 5.75 Å². The lowest BCUT2D eigenvalue weighted by Crippen LogP contribution is -2.32. The summed E-state index contributed by atoms with van der Waals surface area (Å²) in [5.41, 5.74) is 2.76. The number of aliphatic hydroxyl groups excluding tert-OH is 1. The van der Waals surface area contributed by atoms with E-state index in [1.165, 1.54) is 0 Å². The first-order chi connectivity index (χ1) is 11.0. The number of aliphatic hydroxyl groups is 1. The number of aromatic hydroxyl groups is 1. The summed E-state index contributed by atoms with van der Waals surface area (Å²) in [6.45, 7) is 4.18. The zero-order valence-electron chi connectivity index (χ0n) is 13.0. The standard InChI is InChI=1S/C18H20ClNO3/c1-12(21)10-20-5-6-23-18-15(11-20)7-14(9-17(18)22)13-3-2-4-16(19)8-13/h2-4,7-9,12,21-22H,5-6,10-11H2,1H3/t12-/m1/s1. The molecule has 0 unspecified atom stereocenters. The molecule has 2 aromatic carbocycles. The van der Waals surface area contributed by atoms with Gasteiger partial charge < -0.3 is 14.9 Å². The summed E-state index contributed by atoms with van der Waals surface area (Å²) in [5, 5.41) is 20.6. The number of benzene rings is 2. The molecule has 5 heteroatoms. The van der Waals surface area contributed by atoms with E-state index >= 15 is 0 Å². The van der Waals surface area contributed by atoms with E-state index in [9.17, 15) is 10.2 Å². The number of nitrogens with zero attached hydrogens (tertiary/aromatic N) is 1. The van der Waals surface area contributed by atoms with Crippen molar-refractivity contribution < 1.29 is 14.9 Å². The summed E-state index contributed by atoms with van der Waals surface area (Å²) in [5.74, 6) is 0.667. The molecule has 122 valence electrons. The van der Waals surface area contributed by atoms with Crippen LogP contribution >= 0.6 is 11.6 Å². The van der Waals surface area contributed by atoms with Crippen LogP contribution in [0.5, 0.6) is 11.5 Å². The second kappa shape index (κ2) is 6.79. The van der Waals surface area contributed by atoms with Gasteiger partial charge in [0.15, 0.2) is 11.5 Å². The molecule has 0 spiro atoms. The zero-order valence-corrected chi connectivity index (χ0v) is 13.8. The highest BCUT2D eigenvalue weighted by molar-refractivity contribution is 6.30. The maximum Gasteiger partial charge on any atom is 0.165 e. The Balaban J connectivity index is 1.97. The fraction of sp³-hybridized carbons (Fsp3) is 0.333. The molecule has 0 saturated heterocycles. The number of rotatable bonds is 3. The molecule has 3 rings (SSSR count). The lowest BCUT2D eigenvalue weighted by molar-refractivity contribution is 0.117. The number of phenolic OH excluding ortho intramolecular Hbond substituents is 1. The third-order valence-electron chi connectivity index (χ3n) is 3.87. The third kappa shape index (κ3) is 3.78. The van der Waals surface area contributed by atoms with Gasteiger partial charge in [0.1, 0.15) is 6.61 Å². The van der Waals surface area contributed by atoms with Crippen molar-refractivity contribution in [2.45, 2.75) is 19.6 Å². The number of fused-ring (bicyclic) bond motifs is 1. The van der Waals surface area contributed by atoms with Crippen LogP contribution in [0.4, 0.5) is 0 Å². The van der Waals surface area contributed by atoms with Crippen LogP contribution in [0.25, 0.3) is 11.1 Å². The topological polar surface area (TPSA) is 52.9 Å². The molecule has 0 radical (unpaired) electrons. The first kappa shape index (κ1) is 16.1. The molecule has 0 saturated carbocycles. The van der Waals surface area contributed by atoms with Crippen molar-refractivity contribution in [3.63, 3.8) is 0 Å². The number of halogens is 1. The van der Waals surface area contributed by atoms with E-state index in [0.29, 0.717) is 37.0 Å². The Bertz CT molecular complexity index is 703. The maximum atomic E-state index is 10.3. The first-order valence-electron chi connectivity index (χ1n) is 7.68. The summed E-state index contributed by atoms with van der Waals surface area (Å²) in [4.78, 5) is 2.12. The molecule has 1 aliphatic heterocycles.